The average molecular weight is 364 g/mol. The van der Waals surface area contributed by atoms with Gasteiger partial charge in [0.25, 0.3) is 0 Å². The highest BCUT2D eigenvalue weighted by Crippen LogP contribution is 2.40. The number of hydrogen-bond donors (Lipinski definition) is 1. The van der Waals surface area contributed by atoms with Crippen molar-refractivity contribution in [2.75, 3.05) is 13.1 Å². The van der Waals surface area contributed by atoms with Crippen LogP contribution in [0, 0.1) is 12.8 Å². The summed E-state index contributed by atoms with van der Waals surface area (Å²) < 4.78 is 5.96. The van der Waals surface area contributed by atoms with Crippen molar-refractivity contribution in [3.8, 4) is 11.5 Å². The molecule has 5 nitrogen and oxygen atoms in total. The zero-order valence-corrected chi connectivity index (χ0v) is 15.7. The van der Waals surface area contributed by atoms with Crippen molar-refractivity contribution in [3.63, 3.8) is 0 Å². The fraction of sp³-hybridized carbons (Fsp3) is 0.364. The monoisotopic (exact) mass is 364 g/mol. The highest BCUT2D eigenvalue weighted by molar-refractivity contribution is 6.15. The van der Waals surface area contributed by atoms with Crippen LogP contribution in [0.2, 0.25) is 0 Å². The predicted octanol–water partition coefficient (Wildman–Crippen LogP) is 1.89. The molecule has 0 saturated carbocycles. The molecule has 27 heavy (non-hydrogen) atoms. The molecule has 1 fully saturated rings. The molecule has 3 heterocycles. The number of quaternary nitrogens is 1. The number of ether oxygens (including phenoxy) is 1. The lowest BCUT2D eigenvalue weighted by Gasteiger charge is -2.29. The number of piperidine rings is 1. The maximum atomic E-state index is 12.9. The number of rotatable bonds is 3. The number of likely N-dealkylation sites (tertiary alicyclic amines) is 1. The van der Waals surface area contributed by atoms with Crippen molar-refractivity contribution in [3.05, 3.63) is 58.6 Å². The van der Waals surface area contributed by atoms with E-state index in [0.717, 1.165) is 24.6 Å². The average Bonchev–Trinajstić information content (AvgIpc) is 2.98. The van der Waals surface area contributed by atoms with E-state index in [1.54, 1.807) is 31.5 Å². The van der Waals surface area contributed by atoms with Gasteiger partial charge < -0.3 is 14.7 Å². The summed E-state index contributed by atoms with van der Waals surface area (Å²) in [4.78, 5) is 18.3. The molecular formula is C22H24N2O3. The molecule has 4 rings (SSSR count). The molecular weight excluding hydrogens is 340 g/mol. The minimum Gasteiger partial charge on any atom is -0.872 e. The first-order chi connectivity index (χ1) is 13.0. The van der Waals surface area contributed by atoms with E-state index in [1.165, 1.54) is 17.7 Å². The Balaban J connectivity index is 1.67. The Hall–Kier alpha value is -2.66. The number of pyridine rings is 1. The van der Waals surface area contributed by atoms with Crippen molar-refractivity contribution >= 4 is 11.9 Å². The fourth-order valence-corrected chi connectivity index (χ4v) is 3.94. The summed E-state index contributed by atoms with van der Waals surface area (Å²) >= 11 is 0. The van der Waals surface area contributed by atoms with Gasteiger partial charge >= 0.3 is 0 Å². The van der Waals surface area contributed by atoms with Gasteiger partial charge in [-0.05, 0) is 55.0 Å². The van der Waals surface area contributed by atoms with E-state index in [9.17, 15) is 9.90 Å². The lowest BCUT2D eigenvalue weighted by Crippen LogP contribution is -3.11. The maximum Gasteiger partial charge on any atom is 0.232 e. The van der Waals surface area contributed by atoms with Crippen LogP contribution >= 0.6 is 0 Å². The summed E-state index contributed by atoms with van der Waals surface area (Å²) in [5.41, 5.74) is 2.70. The number of nitrogens with one attached hydrogen (secondary N) is 1. The minimum atomic E-state index is -0.150. The first-order valence-corrected chi connectivity index (χ1v) is 9.54. The molecule has 5 heteroatoms. The lowest BCUT2D eigenvalue weighted by molar-refractivity contribution is -0.919. The summed E-state index contributed by atoms with van der Waals surface area (Å²) in [6.07, 6.45) is 7.40. The summed E-state index contributed by atoms with van der Waals surface area (Å²) in [7, 11) is 0. The molecule has 0 unspecified atom stereocenters. The van der Waals surface area contributed by atoms with Crippen LogP contribution in [0.25, 0.3) is 6.08 Å². The standard InChI is InChI=1S/C22H24N2O3/c1-14-5-9-24(10-6-14)13-17-18(25)11-15(2)20-21(26)19(27-22(17)20)12-16-3-7-23-8-4-16/h3-4,7-8,11-12,14,25H,5-6,9-10,13H2,1-2H3. The molecule has 0 radical (unpaired) electrons. The number of benzene rings is 1. The molecule has 0 amide bonds. The molecule has 1 aromatic heterocycles. The third-order valence-electron chi connectivity index (χ3n) is 5.62. The number of ketones is 1. The highest BCUT2D eigenvalue weighted by atomic mass is 16.5. The van der Waals surface area contributed by atoms with Crippen LogP contribution in [0.1, 0.15) is 46.8 Å². The van der Waals surface area contributed by atoms with E-state index in [2.05, 4.69) is 11.9 Å². The number of Topliss-reactive ketones (excluding diaryl/α,β-unsaturated/α-hetero) is 1. The van der Waals surface area contributed by atoms with E-state index < -0.39 is 0 Å². The van der Waals surface area contributed by atoms with Crippen molar-refractivity contribution < 1.29 is 19.5 Å². The van der Waals surface area contributed by atoms with E-state index in [4.69, 9.17) is 4.74 Å². The number of allylic oxidation sites excluding steroid dienone is 1. The summed E-state index contributed by atoms with van der Waals surface area (Å²) in [5.74, 6) is 1.31. The number of aromatic nitrogens is 1. The van der Waals surface area contributed by atoms with Gasteiger partial charge in [-0.2, -0.15) is 0 Å². The molecule has 140 valence electrons. The summed E-state index contributed by atoms with van der Waals surface area (Å²) in [6.45, 7) is 6.80. The van der Waals surface area contributed by atoms with E-state index >= 15 is 0 Å². The zero-order chi connectivity index (χ0) is 19.0. The van der Waals surface area contributed by atoms with Gasteiger partial charge in [-0.3, -0.25) is 9.78 Å². The van der Waals surface area contributed by atoms with Gasteiger partial charge in [-0.25, -0.2) is 0 Å². The van der Waals surface area contributed by atoms with Crippen LogP contribution < -0.4 is 14.7 Å². The minimum absolute atomic E-state index is 0.0321. The Labute approximate surface area is 159 Å². The zero-order valence-electron chi connectivity index (χ0n) is 15.7. The van der Waals surface area contributed by atoms with Crippen molar-refractivity contribution in [1.29, 1.82) is 0 Å². The largest absolute Gasteiger partial charge is 0.872 e. The van der Waals surface area contributed by atoms with Crippen LogP contribution in [-0.2, 0) is 6.54 Å². The van der Waals surface area contributed by atoms with Crippen LogP contribution in [0.15, 0.2) is 36.4 Å². The highest BCUT2D eigenvalue weighted by Gasteiger charge is 2.33. The predicted molar refractivity (Wildman–Crippen MR) is 101 cm³/mol. The fourth-order valence-electron chi connectivity index (χ4n) is 3.94. The number of hydrogen-bond acceptors (Lipinski definition) is 4. The Bertz CT molecular complexity index is 898. The first kappa shape index (κ1) is 17.7. The normalized spacial score (nSPS) is 23.3. The molecule has 1 saturated heterocycles. The summed E-state index contributed by atoms with van der Waals surface area (Å²) in [6, 6.07) is 5.22. The van der Waals surface area contributed by atoms with Crippen LogP contribution in [0.4, 0.5) is 0 Å². The smallest absolute Gasteiger partial charge is 0.232 e. The van der Waals surface area contributed by atoms with Crippen LogP contribution in [0.5, 0.6) is 11.5 Å². The second kappa shape index (κ2) is 7.16. The van der Waals surface area contributed by atoms with Gasteiger partial charge in [-0.1, -0.05) is 18.7 Å². The Morgan fingerprint density at radius 3 is 2.70 bits per heavy atom. The van der Waals surface area contributed by atoms with Crippen molar-refractivity contribution in [2.24, 2.45) is 5.92 Å². The van der Waals surface area contributed by atoms with E-state index in [0.29, 0.717) is 29.0 Å². The van der Waals surface area contributed by atoms with Crippen LogP contribution in [0.3, 0.4) is 0 Å². The Kier molecular flexibility index (Phi) is 4.70. The third-order valence-corrected chi connectivity index (χ3v) is 5.62. The molecule has 0 atom stereocenters. The molecule has 2 aliphatic rings. The van der Waals surface area contributed by atoms with Crippen LogP contribution in [-0.4, -0.2) is 23.9 Å². The quantitative estimate of drug-likeness (QED) is 0.845. The molecule has 0 spiro atoms. The van der Waals surface area contributed by atoms with Gasteiger partial charge in [0.1, 0.15) is 12.3 Å². The molecule has 0 aliphatic carbocycles. The molecule has 0 bridgehead atoms. The van der Waals surface area contributed by atoms with Gasteiger partial charge in [0, 0.05) is 18.0 Å². The topological polar surface area (TPSA) is 66.7 Å². The maximum absolute atomic E-state index is 12.9. The van der Waals surface area contributed by atoms with E-state index in [-0.39, 0.29) is 17.3 Å². The first-order valence-electron chi connectivity index (χ1n) is 9.54. The van der Waals surface area contributed by atoms with Crippen molar-refractivity contribution in [2.45, 2.75) is 33.2 Å². The second-order valence-electron chi connectivity index (χ2n) is 7.70. The molecule has 1 N–H and O–H groups in total. The molecule has 1 aromatic carbocycles. The molecule has 2 aliphatic heterocycles. The number of fused-ring (bicyclic) bond motifs is 1. The second-order valence-corrected chi connectivity index (χ2v) is 7.70. The van der Waals surface area contributed by atoms with Gasteiger partial charge in [-0.15, -0.1) is 0 Å². The lowest BCUT2D eigenvalue weighted by atomic mass is 9.96. The Morgan fingerprint density at radius 2 is 2.00 bits per heavy atom. The number of carbonyl (C=O) groups is 1. The van der Waals surface area contributed by atoms with Gasteiger partial charge in [0.15, 0.2) is 5.76 Å². The van der Waals surface area contributed by atoms with E-state index in [1.807, 2.05) is 12.1 Å². The number of aryl methyl sites for hydroxylation is 1. The SMILES string of the molecule is Cc1cc([O-])c(C[NH+]2CCC(C)CC2)c2c1C(=O)C(=Cc1ccncc1)O2. The van der Waals surface area contributed by atoms with Gasteiger partial charge in [0.2, 0.25) is 5.78 Å². The Morgan fingerprint density at radius 1 is 1.30 bits per heavy atom. The third kappa shape index (κ3) is 3.47. The molecule has 2 aromatic rings. The number of carbonyl (C=O) groups excluding carboxylic acids is 1. The number of nitrogens with zero attached hydrogens (tertiary/aromatic N) is 1. The summed E-state index contributed by atoms with van der Waals surface area (Å²) in [5, 5.41) is 12.7. The van der Waals surface area contributed by atoms with Crippen molar-refractivity contribution in [1.82, 2.24) is 4.98 Å². The van der Waals surface area contributed by atoms with Gasteiger partial charge in [0.05, 0.1) is 18.7 Å².